The number of likely N-dealkylation sites (tertiary alicyclic amines) is 2. The average molecular weight is 482 g/mol. The Labute approximate surface area is 203 Å². The number of hydrogen-bond donors (Lipinski definition) is 0. The molecular weight excluding hydrogens is 453 g/mol. The van der Waals surface area contributed by atoms with E-state index in [0.717, 1.165) is 5.56 Å². The van der Waals surface area contributed by atoms with Crippen molar-refractivity contribution in [3.05, 3.63) is 53.6 Å². The maximum atomic E-state index is 14.4. The number of hydrogen-bond acceptors (Lipinski definition) is 6. The smallest absolute Gasteiger partial charge is 0.254 e. The molecule has 2 fully saturated rings. The third-order valence-corrected chi connectivity index (χ3v) is 6.41. The number of methoxy groups -OCH3 is 2. The summed E-state index contributed by atoms with van der Waals surface area (Å²) in [5.74, 6) is 0.00615. The molecule has 2 aromatic carbocycles. The molecule has 184 valence electrons. The van der Waals surface area contributed by atoms with Crippen LogP contribution in [0.15, 0.2) is 42.5 Å². The van der Waals surface area contributed by atoms with E-state index in [0.29, 0.717) is 25.1 Å². The van der Waals surface area contributed by atoms with Crippen molar-refractivity contribution < 1.29 is 28.2 Å². The van der Waals surface area contributed by atoms with Gasteiger partial charge in [-0.2, -0.15) is 5.26 Å². The van der Waals surface area contributed by atoms with E-state index >= 15 is 0 Å². The van der Waals surface area contributed by atoms with Crippen molar-refractivity contribution in [1.29, 1.82) is 5.26 Å². The topological polar surface area (TPSA) is 92.1 Å². The molecule has 0 N–H and O–H groups in total. The molecule has 0 saturated carbocycles. The van der Waals surface area contributed by atoms with Gasteiger partial charge in [-0.25, -0.2) is 4.39 Å². The third kappa shape index (κ3) is 5.02. The van der Waals surface area contributed by atoms with E-state index in [4.69, 9.17) is 14.2 Å². The quantitative estimate of drug-likeness (QED) is 0.602. The van der Waals surface area contributed by atoms with Crippen molar-refractivity contribution in [3.63, 3.8) is 0 Å². The zero-order valence-corrected chi connectivity index (χ0v) is 19.8. The summed E-state index contributed by atoms with van der Waals surface area (Å²) >= 11 is 0. The van der Waals surface area contributed by atoms with Gasteiger partial charge < -0.3 is 24.0 Å². The standard InChI is InChI=1S/C26H28FN3O5/c1-33-22-11-18(12-23(34-2)24(22)35-16-17-7-4-3-5-8-17)25(31)30-15-19(27)13-21(30)26(32)29-10-6-9-20(29)14-28/h3-5,7-8,11-12,19-21H,6,9-10,13,15-16H2,1-2H3/t19-,20+,21+/m1/s1. The fourth-order valence-electron chi connectivity index (χ4n) is 4.64. The Morgan fingerprint density at radius 3 is 2.43 bits per heavy atom. The van der Waals surface area contributed by atoms with E-state index < -0.39 is 24.2 Å². The van der Waals surface area contributed by atoms with E-state index in [1.807, 2.05) is 30.3 Å². The SMILES string of the molecule is COc1cc(C(=O)N2C[C@H](F)C[C@H]2C(=O)N2CCC[C@H]2C#N)cc(OC)c1OCc1ccccc1. The summed E-state index contributed by atoms with van der Waals surface area (Å²) in [6.07, 6.45) is -0.122. The lowest BCUT2D eigenvalue weighted by Crippen LogP contribution is -2.49. The summed E-state index contributed by atoms with van der Waals surface area (Å²) < 4.78 is 31.3. The first-order valence-corrected chi connectivity index (χ1v) is 11.5. The summed E-state index contributed by atoms with van der Waals surface area (Å²) in [6, 6.07) is 13.2. The molecule has 0 bridgehead atoms. The van der Waals surface area contributed by atoms with Gasteiger partial charge in [0, 0.05) is 18.5 Å². The number of carbonyl (C=O) groups excluding carboxylic acids is 2. The fraction of sp³-hybridized carbons (Fsp3) is 0.423. The van der Waals surface area contributed by atoms with Gasteiger partial charge in [0.15, 0.2) is 11.5 Å². The molecular formula is C26H28FN3O5. The number of halogens is 1. The average Bonchev–Trinajstić information content (AvgIpc) is 3.53. The highest BCUT2D eigenvalue weighted by atomic mass is 19.1. The number of alkyl halides is 1. The molecule has 4 rings (SSSR count). The van der Waals surface area contributed by atoms with Crippen LogP contribution in [0.4, 0.5) is 4.39 Å². The molecule has 0 aliphatic carbocycles. The second-order valence-electron chi connectivity index (χ2n) is 8.61. The van der Waals surface area contributed by atoms with Crippen molar-refractivity contribution in [2.75, 3.05) is 27.3 Å². The minimum Gasteiger partial charge on any atom is -0.493 e. The van der Waals surface area contributed by atoms with E-state index in [9.17, 15) is 19.2 Å². The van der Waals surface area contributed by atoms with Gasteiger partial charge >= 0.3 is 0 Å². The van der Waals surface area contributed by atoms with Crippen LogP contribution < -0.4 is 14.2 Å². The second-order valence-corrected chi connectivity index (χ2v) is 8.61. The number of benzene rings is 2. The molecule has 0 aromatic heterocycles. The summed E-state index contributed by atoms with van der Waals surface area (Å²) in [7, 11) is 2.90. The highest BCUT2D eigenvalue weighted by Crippen LogP contribution is 2.40. The zero-order chi connectivity index (χ0) is 24.9. The second kappa shape index (κ2) is 10.6. The maximum Gasteiger partial charge on any atom is 0.254 e. The van der Waals surface area contributed by atoms with Crippen molar-refractivity contribution in [2.24, 2.45) is 0 Å². The van der Waals surface area contributed by atoms with E-state index in [-0.39, 0.29) is 42.5 Å². The Morgan fingerprint density at radius 1 is 1.11 bits per heavy atom. The summed E-state index contributed by atoms with van der Waals surface area (Å²) in [5.41, 5.74) is 1.14. The number of ether oxygens (including phenoxy) is 3. The Kier molecular flexibility index (Phi) is 7.39. The van der Waals surface area contributed by atoms with Gasteiger partial charge in [0.25, 0.3) is 5.91 Å². The number of rotatable bonds is 7. The molecule has 9 heteroatoms. The van der Waals surface area contributed by atoms with Crippen LogP contribution in [0.2, 0.25) is 0 Å². The predicted octanol–water partition coefficient (Wildman–Crippen LogP) is 3.35. The first kappa shape index (κ1) is 24.3. The molecule has 0 spiro atoms. The van der Waals surface area contributed by atoms with E-state index in [1.54, 1.807) is 0 Å². The lowest BCUT2D eigenvalue weighted by atomic mass is 10.1. The predicted molar refractivity (Wildman–Crippen MR) is 125 cm³/mol. The lowest BCUT2D eigenvalue weighted by Gasteiger charge is -2.29. The van der Waals surface area contributed by atoms with Crippen LogP contribution in [0.25, 0.3) is 0 Å². The normalized spacial score (nSPS) is 21.5. The summed E-state index contributed by atoms with van der Waals surface area (Å²) in [6.45, 7) is 0.502. The van der Waals surface area contributed by atoms with E-state index in [2.05, 4.69) is 6.07 Å². The van der Waals surface area contributed by atoms with Gasteiger partial charge in [-0.1, -0.05) is 30.3 Å². The molecule has 2 aliphatic rings. The Hall–Kier alpha value is -3.80. The van der Waals surface area contributed by atoms with Crippen LogP contribution >= 0.6 is 0 Å². The van der Waals surface area contributed by atoms with Crippen LogP contribution in [-0.2, 0) is 11.4 Å². The zero-order valence-electron chi connectivity index (χ0n) is 19.8. The van der Waals surface area contributed by atoms with E-state index in [1.165, 1.54) is 36.2 Å². The van der Waals surface area contributed by atoms with Crippen LogP contribution in [0.5, 0.6) is 17.2 Å². The minimum absolute atomic E-state index is 0.0915. The molecule has 2 amide bonds. The van der Waals surface area contributed by atoms with Crippen molar-refractivity contribution in [2.45, 2.75) is 44.1 Å². The molecule has 35 heavy (non-hydrogen) atoms. The summed E-state index contributed by atoms with van der Waals surface area (Å²) in [5, 5.41) is 9.35. The highest BCUT2D eigenvalue weighted by molar-refractivity contribution is 5.99. The minimum atomic E-state index is -1.33. The van der Waals surface area contributed by atoms with Gasteiger partial charge in [0.2, 0.25) is 11.7 Å². The fourth-order valence-corrected chi connectivity index (χ4v) is 4.64. The lowest BCUT2D eigenvalue weighted by molar-refractivity contribution is -0.135. The number of amides is 2. The molecule has 0 unspecified atom stereocenters. The van der Waals surface area contributed by atoms with Crippen LogP contribution in [-0.4, -0.2) is 67.2 Å². The van der Waals surface area contributed by atoms with Gasteiger partial charge in [-0.3, -0.25) is 9.59 Å². The Balaban J connectivity index is 1.59. The van der Waals surface area contributed by atoms with Crippen molar-refractivity contribution >= 4 is 11.8 Å². The van der Waals surface area contributed by atoms with Gasteiger partial charge in [0.1, 0.15) is 24.9 Å². The van der Waals surface area contributed by atoms with Crippen LogP contribution in [0, 0.1) is 11.3 Å². The maximum absolute atomic E-state index is 14.4. The number of nitrogens with zero attached hydrogens (tertiary/aromatic N) is 3. The van der Waals surface area contributed by atoms with Crippen molar-refractivity contribution in [3.8, 4) is 23.3 Å². The monoisotopic (exact) mass is 481 g/mol. The van der Waals surface area contributed by atoms with Crippen molar-refractivity contribution in [1.82, 2.24) is 9.80 Å². The first-order chi connectivity index (χ1) is 17.0. The van der Waals surface area contributed by atoms with Crippen LogP contribution in [0.1, 0.15) is 35.2 Å². The van der Waals surface area contributed by atoms with Gasteiger partial charge in [-0.15, -0.1) is 0 Å². The molecule has 2 aliphatic heterocycles. The van der Waals surface area contributed by atoms with Gasteiger partial charge in [-0.05, 0) is 30.5 Å². The number of nitriles is 1. The summed E-state index contributed by atoms with van der Waals surface area (Å²) in [4.78, 5) is 29.4. The molecule has 8 nitrogen and oxygen atoms in total. The Morgan fingerprint density at radius 2 is 1.80 bits per heavy atom. The van der Waals surface area contributed by atoms with Crippen LogP contribution in [0.3, 0.4) is 0 Å². The molecule has 3 atom stereocenters. The Bertz CT molecular complexity index is 1090. The largest absolute Gasteiger partial charge is 0.493 e. The first-order valence-electron chi connectivity index (χ1n) is 11.5. The third-order valence-electron chi connectivity index (χ3n) is 6.41. The molecule has 2 saturated heterocycles. The molecule has 2 aromatic rings. The number of carbonyl (C=O) groups is 2. The van der Waals surface area contributed by atoms with Gasteiger partial charge in [0.05, 0.1) is 26.8 Å². The molecule has 0 radical (unpaired) electrons. The highest BCUT2D eigenvalue weighted by Gasteiger charge is 2.44. The molecule has 2 heterocycles.